The number of benzene rings is 1. The van der Waals surface area contributed by atoms with Gasteiger partial charge in [-0.1, -0.05) is 23.2 Å². The molecule has 1 fully saturated rings. The van der Waals surface area contributed by atoms with Gasteiger partial charge in [0.15, 0.2) is 5.60 Å². The molecule has 2 aromatic rings. The molecule has 22 heavy (non-hydrogen) atoms. The first-order valence-electron chi connectivity index (χ1n) is 6.93. The van der Waals surface area contributed by atoms with E-state index >= 15 is 0 Å². The first-order valence-corrected chi connectivity index (χ1v) is 7.68. The van der Waals surface area contributed by atoms with Crippen molar-refractivity contribution in [3.8, 4) is 0 Å². The van der Waals surface area contributed by atoms with Crippen molar-refractivity contribution in [2.24, 2.45) is 5.73 Å². The molecule has 0 aliphatic carbocycles. The second kappa shape index (κ2) is 5.57. The van der Waals surface area contributed by atoms with Gasteiger partial charge in [-0.15, -0.1) is 0 Å². The van der Waals surface area contributed by atoms with Crippen LogP contribution >= 0.6 is 23.2 Å². The average Bonchev–Trinajstić information content (AvgIpc) is 2.51. The molecule has 3 N–H and O–H groups in total. The molecule has 5 nitrogen and oxygen atoms in total. The molecule has 116 valence electrons. The summed E-state index contributed by atoms with van der Waals surface area (Å²) in [6.45, 7) is 0.811. The van der Waals surface area contributed by atoms with Gasteiger partial charge in [-0.25, -0.2) is 4.98 Å². The minimum Gasteiger partial charge on any atom is -0.378 e. The lowest BCUT2D eigenvalue weighted by Gasteiger charge is -2.37. The van der Waals surface area contributed by atoms with Gasteiger partial charge in [0, 0.05) is 11.9 Å². The number of rotatable bonds is 2. The highest BCUT2D eigenvalue weighted by molar-refractivity contribution is 6.39. The molecule has 3 rings (SSSR count). The van der Waals surface area contributed by atoms with Gasteiger partial charge >= 0.3 is 0 Å². The molecule has 1 aliphatic heterocycles. The molecule has 1 aromatic carbocycles. The lowest BCUT2D eigenvalue weighted by Crippen LogP contribution is -2.56. The summed E-state index contributed by atoms with van der Waals surface area (Å²) < 4.78 is 0. The third-order valence-corrected chi connectivity index (χ3v) is 4.63. The number of pyridine rings is 1. The van der Waals surface area contributed by atoms with Crippen LogP contribution in [0.3, 0.4) is 0 Å². The van der Waals surface area contributed by atoms with Gasteiger partial charge in [-0.05, 0) is 37.1 Å². The van der Waals surface area contributed by atoms with Crippen molar-refractivity contribution in [2.45, 2.75) is 18.4 Å². The van der Waals surface area contributed by atoms with Crippen LogP contribution in [0.2, 0.25) is 10.0 Å². The van der Waals surface area contributed by atoms with Crippen LogP contribution in [-0.4, -0.2) is 34.7 Å². The van der Waals surface area contributed by atoms with Crippen molar-refractivity contribution >= 4 is 45.8 Å². The molecule has 1 aromatic heterocycles. The fourth-order valence-electron chi connectivity index (χ4n) is 2.75. The third-order valence-electron chi connectivity index (χ3n) is 3.99. The zero-order valence-corrected chi connectivity index (χ0v) is 13.2. The Morgan fingerprint density at radius 1 is 1.27 bits per heavy atom. The maximum absolute atomic E-state index is 11.5. The zero-order chi connectivity index (χ0) is 15.9. The molecular weight excluding hydrogens is 325 g/mol. The standard InChI is InChI=1S/C15H15Cl2N3O2/c16-10-3-4-11(17)13-9(10)2-5-12(19-13)20-7-1-6-15(22,8-20)14(18)21/h2-5,22H,1,6-8H2,(H2,18,21)/t15-/m0/s1. The number of halogens is 2. The number of hydrogen-bond acceptors (Lipinski definition) is 4. The number of carbonyl (C=O) groups is 1. The molecule has 1 saturated heterocycles. The Balaban J connectivity index is 2.00. The van der Waals surface area contributed by atoms with Crippen molar-refractivity contribution in [2.75, 3.05) is 18.0 Å². The predicted octanol–water partition coefficient (Wildman–Crippen LogP) is 2.36. The Morgan fingerprint density at radius 2 is 2.00 bits per heavy atom. The van der Waals surface area contributed by atoms with E-state index in [1.54, 1.807) is 18.2 Å². The summed E-state index contributed by atoms with van der Waals surface area (Å²) in [6.07, 6.45) is 1.02. The Labute approximate surface area is 137 Å². The predicted molar refractivity (Wildman–Crippen MR) is 87.4 cm³/mol. The van der Waals surface area contributed by atoms with E-state index in [-0.39, 0.29) is 6.54 Å². The molecule has 0 radical (unpaired) electrons. The van der Waals surface area contributed by atoms with Crippen LogP contribution in [0.5, 0.6) is 0 Å². The van der Waals surface area contributed by atoms with Crippen molar-refractivity contribution in [1.82, 2.24) is 4.98 Å². The highest BCUT2D eigenvalue weighted by Crippen LogP contribution is 2.32. The lowest BCUT2D eigenvalue weighted by molar-refractivity contribution is -0.137. The number of aromatic nitrogens is 1. The minimum absolute atomic E-state index is 0.124. The number of fused-ring (bicyclic) bond motifs is 1. The largest absolute Gasteiger partial charge is 0.378 e. The van der Waals surface area contributed by atoms with Crippen molar-refractivity contribution in [1.29, 1.82) is 0 Å². The number of nitrogens with zero attached hydrogens (tertiary/aromatic N) is 2. The van der Waals surface area contributed by atoms with E-state index in [1.165, 1.54) is 0 Å². The Hall–Kier alpha value is -1.56. The number of aliphatic hydroxyl groups is 1. The summed E-state index contributed by atoms with van der Waals surface area (Å²) >= 11 is 12.3. The van der Waals surface area contributed by atoms with Crippen LogP contribution in [0.1, 0.15) is 12.8 Å². The summed E-state index contributed by atoms with van der Waals surface area (Å²) in [6, 6.07) is 7.06. The first kappa shape index (κ1) is 15.3. The van der Waals surface area contributed by atoms with Crippen molar-refractivity contribution in [3.63, 3.8) is 0 Å². The van der Waals surface area contributed by atoms with Gasteiger partial charge in [0.1, 0.15) is 5.82 Å². The maximum atomic E-state index is 11.5. The summed E-state index contributed by atoms with van der Waals surface area (Å²) in [7, 11) is 0. The lowest BCUT2D eigenvalue weighted by atomic mass is 9.92. The van der Waals surface area contributed by atoms with E-state index in [2.05, 4.69) is 4.98 Å². The quantitative estimate of drug-likeness (QED) is 0.880. The Kier molecular flexibility index (Phi) is 3.89. The number of nitrogens with two attached hydrogens (primary N) is 1. The topological polar surface area (TPSA) is 79.5 Å². The molecule has 1 aliphatic rings. The van der Waals surface area contributed by atoms with E-state index in [0.29, 0.717) is 40.8 Å². The highest BCUT2D eigenvalue weighted by Gasteiger charge is 2.39. The molecular formula is C15H15Cl2N3O2. The Bertz CT molecular complexity index is 753. The van der Waals surface area contributed by atoms with Gasteiger partial charge in [0.05, 0.1) is 22.1 Å². The third kappa shape index (κ3) is 2.60. The monoisotopic (exact) mass is 339 g/mol. The average molecular weight is 340 g/mol. The van der Waals surface area contributed by atoms with E-state index in [4.69, 9.17) is 28.9 Å². The minimum atomic E-state index is -1.52. The summed E-state index contributed by atoms with van der Waals surface area (Å²) in [5.41, 5.74) is 4.38. The van der Waals surface area contributed by atoms with Crippen LogP contribution in [0.25, 0.3) is 10.9 Å². The van der Waals surface area contributed by atoms with E-state index < -0.39 is 11.5 Å². The van der Waals surface area contributed by atoms with Crippen LogP contribution in [0, 0.1) is 0 Å². The molecule has 0 saturated carbocycles. The number of carbonyl (C=O) groups excluding carboxylic acids is 1. The van der Waals surface area contributed by atoms with Crippen LogP contribution in [0.15, 0.2) is 24.3 Å². The van der Waals surface area contributed by atoms with Crippen LogP contribution in [-0.2, 0) is 4.79 Å². The van der Waals surface area contributed by atoms with Crippen molar-refractivity contribution in [3.05, 3.63) is 34.3 Å². The number of amides is 1. The summed E-state index contributed by atoms with van der Waals surface area (Å²) in [5, 5.41) is 12.1. The number of anilines is 1. The van der Waals surface area contributed by atoms with Gasteiger partial charge in [-0.3, -0.25) is 4.79 Å². The molecule has 0 bridgehead atoms. The number of hydrogen-bond donors (Lipinski definition) is 2. The first-order chi connectivity index (χ1) is 10.4. The maximum Gasteiger partial charge on any atom is 0.251 e. The second-order valence-corrected chi connectivity index (χ2v) is 6.33. The summed E-state index contributed by atoms with van der Waals surface area (Å²) in [4.78, 5) is 17.8. The van der Waals surface area contributed by atoms with Gasteiger partial charge in [0.25, 0.3) is 5.91 Å². The molecule has 1 atom stereocenters. The van der Waals surface area contributed by atoms with E-state index in [1.807, 2.05) is 11.0 Å². The number of piperidine rings is 1. The van der Waals surface area contributed by atoms with Crippen molar-refractivity contribution < 1.29 is 9.90 Å². The molecule has 0 spiro atoms. The van der Waals surface area contributed by atoms with Crippen LogP contribution < -0.4 is 10.6 Å². The fourth-order valence-corrected chi connectivity index (χ4v) is 3.17. The molecule has 1 amide bonds. The number of β-amino-alcohol motifs (C(OH)–C–C–N with tert-alkyl or cyclic N) is 1. The molecule has 7 heteroatoms. The smallest absolute Gasteiger partial charge is 0.251 e. The zero-order valence-electron chi connectivity index (χ0n) is 11.7. The van der Waals surface area contributed by atoms with Gasteiger partial charge in [0.2, 0.25) is 0 Å². The van der Waals surface area contributed by atoms with Gasteiger partial charge in [-0.2, -0.15) is 0 Å². The normalized spacial score (nSPS) is 22.0. The SMILES string of the molecule is NC(=O)[C@]1(O)CCCN(c2ccc3c(Cl)ccc(Cl)c3n2)C1. The van der Waals surface area contributed by atoms with Crippen LogP contribution in [0.4, 0.5) is 5.82 Å². The summed E-state index contributed by atoms with van der Waals surface area (Å²) in [5.74, 6) is -0.0740. The van der Waals surface area contributed by atoms with Gasteiger partial charge < -0.3 is 15.7 Å². The molecule has 2 heterocycles. The number of primary amides is 1. The Morgan fingerprint density at radius 3 is 2.73 bits per heavy atom. The van der Waals surface area contributed by atoms with E-state index in [9.17, 15) is 9.90 Å². The van der Waals surface area contributed by atoms with E-state index in [0.717, 1.165) is 5.39 Å². The fraction of sp³-hybridized carbons (Fsp3) is 0.333. The molecule has 0 unspecified atom stereocenters. The highest BCUT2D eigenvalue weighted by atomic mass is 35.5. The second-order valence-electron chi connectivity index (χ2n) is 5.52.